The minimum Gasteiger partial charge on any atom is -0.482 e. The van der Waals surface area contributed by atoms with Crippen molar-refractivity contribution in [1.29, 1.82) is 0 Å². The fourth-order valence-electron chi connectivity index (χ4n) is 2.03. The second kappa shape index (κ2) is 9.27. The number of benzene rings is 1. The van der Waals surface area contributed by atoms with E-state index in [1.54, 1.807) is 45.0 Å². The maximum absolute atomic E-state index is 11.9. The van der Waals surface area contributed by atoms with Gasteiger partial charge in [-0.25, -0.2) is 9.78 Å². The van der Waals surface area contributed by atoms with Gasteiger partial charge in [0, 0.05) is 12.3 Å². The Morgan fingerprint density at radius 3 is 2.50 bits per heavy atom. The lowest BCUT2D eigenvalue weighted by molar-refractivity contribution is -0.157. The number of carbonyl (C=O) groups is 2. The van der Waals surface area contributed by atoms with Gasteiger partial charge in [0.2, 0.25) is 0 Å². The summed E-state index contributed by atoms with van der Waals surface area (Å²) in [6.07, 6.45) is 1.42. The third kappa shape index (κ3) is 7.32. The Balaban J connectivity index is 1.84. The molecule has 150 valence electrons. The van der Waals surface area contributed by atoms with Gasteiger partial charge in [-0.3, -0.25) is 4.79 Å². The Kier molecular flexibility index (Phi) is 7.06. The van der Waals surface area contributed by atoms with Crippen LogP contribution < -0.4 is 20.5 Å². The van der Waals surface area contributed by atoms with Crippen molar-refractivity contribution >= 4 is 35.0 Å². The van der Waals surface area contributed by atoms with Crippen LogP contribution in [0.2, 0.25) is 5.02 Å². The van der Waals surface area contributed by atoms with Gasteiger partial charge in [0.15, 0.2) is 13.2 Å². The van der Waals surface area contributed by atoms with E-state index in [9.17, 15) is 9.59 Å². The molecule has 1 amide bonds. The van der Waals surface area contributed by atoms with Crippen LogP contribution in [0.3, 0.4) is 0 Å². The van der Waals surface area contributed by atoms with Crippen LogP contribution in [-0.4, -0.2) is 35.7 Å². The molecule has 1 aromatic carbocycles. The van der Waals surface area contributed by atoms with Crippen LogP contribution in [0.4, 0.5) is 11.5 Å². The van der Waals surface area contributed by atoms with Crippen molar-refractivity contribution in [2.24, 2.45) is 0 Å². The first-order valence-corrected chi connectivity index (χ1v) is 8.78. The summed E-state index contributed by atoms with van der Waals surface area (Å²) >= 11 is 5.74. The molecule has 0 aliphatic heterocycles. The largest absolute Gasteiger partial charge is 0.482 e. The van der Waals surface area contributed by atoms with E-state index in [2.05, 4.69) is 10.3 Å². The topological polar surface area (TPSA) is 113 Å². The molecule has 0 spiro atoms. The van der Waals surface area contributed by atoms with Crippen molar-refractivity contribution in [1.82, 2.24) is 4.98 Å². The number of carbonyl (C=O) groups excluding carboxylic acids is 2. The highest BCUT2D eigenvalue weighted by Crippen LogP contribution is 2.26. The molecule has 0 radical (unpaired) electrons. The van der Waals surface area contributed by atoms with Crippen LogP contribution in [0.1, 0.15) is 20.8 Å². The van der Waals surface area contributed by atoms with Gasteiger partial charge in [-0.2, -0.15) is 0 Å². The van der Waals surface area contributed by atoms with Gasteiger partial charge >= 0.3 is 5.97 Å². The first-order valence-electron chi connectivity index (χ1n) is 8.41. The number of nitrogen functional groups attached to an aromatic ring is 1. The van der Waals surface area contributed by atoms with Gasteiger partial charge in [-0.1, -0.05) is 11.6 Å². The second-order valence-corrected chi connectivity index (χ2v) is 7.21. The van der Waals surface area contributed by atoms with E-state index in [-0.39, 0.29) is 18.9 Å². The summed E-state index contributed by atoms with van der Waals surface area (Å²) in [4.78, 5) is 27.5. The van der Waals surface area contributed by atoms with Crippen molar-refractivity contribution in [2.45, 2.75) is 26.4 Å². The average Bonchev–Trinajstić information content (AvgIpc) is 2.59. The number of halogens is 1. The summed E-state index contributed by atoms with van der Waals surface area (Å²) in [5.41, 5.74) is 5.58. The van der Waals surface area contributed by atoms with E-state index < -0.39 is 17.5 Å². The van der Waals surface area contributed by atoms with E-state index in [0.29, 0.717) is 22.3 Å². The van der Waals surface area contributed by atoms with E-state index >= 15 is 0 Å². The summed E-state index contributed by atoms with van der Waals surface area (Å²) in [5.74, 6) is 0.157. The second-order valence-electron chi connectivity index (χ2n) is 6.77. The van der Waals surface area contributed by atoms with Gasteiger partial charge < -0.3 is 25.3 Å². The van der Waals surface area contributed by atoms with Crippen LogP contribution in [-0.2, 0) is 14.3 Å². The maximum atomic E-state index is 11.9. The van der Waals surface area contributed by atoms with Gasteiger partial charge in [0.1, 0.15) is 22.9 Å². The minimum absolute atomic E-state index is 0.243. The number of nitrogens with two attached hydrogens (primary N) is 1. The van der Waals surface area contributed by atoms with E-state index in [0.717, 1.165) is 0 Å². The fraction of sp³-hybridized carbons (Fsp3) is 0.316. The number of esters is 1. The number of ether oxygens (including phenoxy) is 3. The molecule has 0 bridgehead atoms. The highest BCUT2D eigenvalue weighted by atomic mass is 35.5. The third-order valence-corrected chi connectivity index (χ3v) is 3.34. The fourth-order valence-corrected chi connectivity index (χ4v) is 2.14. The molecule has 28 heavy (non-hydrogen) atoms. The number of aromatic nitrogens is 1. The average molecular weight is 408 g/mol. The van der Waals surface area contributed by atoms with E-state index in [1.165, 1.54) is 12.3 Å². The Morgan fingerprint density at radius 1 is 1.14 bits per heavy atom. The number of amides is 1. The molecular weight excluding hydrogens is 386 g/mol. The Bertz CT molecular complexity index is 834. The zero-order chi connectivity index (χ0) is 20.7. The van der Waals surface area contributed by atoms with Crippen molar-refractivity contribution < 1.29 is 23.8 Å². The Morgan fingerprint density at radius 2 is 1.89 bits per heavy atom. The molecule has 0 unspecified atom stereocenters. The zero-order valence-corrected chi connectivity index (χ0v) is 16.6. The lowest BCUT2D eigenvalue weighted by Crippen LogP contribution is -2.27. The highest BCUT2D eigenvalue weighted by molar-refractivity contribution is 6.30. The van der Waals surface area contributed by atoms with Crippen molar-refractivity contribution in [3.63, 3.8) is 0 Å². The number of nitrogens with one attached hydrogen (secondary N) is 1. The molecule has 2 rings (SSSR count). The van der Waals surface area contributed by atoms with E-state index in [4.69, 9.17) is 31.5 Å². The monoisotopic (exact) mass is 407 g/mol. The summed E-state index contributed by atoms with van der Waals surface area (Å²) < 4.78 is 15.9. The normalized spacial score (nSPS) is 10.9. The van der Waals surface area contributed by atoms with E-state index in [1.807, 2.05) is 0 Å². The minimum atomic E-state index is -0.584. The van der Waals surface area contributed by atoms with Crippen LogP contribution in [0.25, 0.3) is 0 Å². The summed E-state index contributed by atoms with van der Waals surface area (Å²) in [7, 11) is 0. The van der Waals surface area contributed by atoms with Crippen molar-refractivity contribution in [2.75, 3.05) is 24.3 Å². The SMILES string of the molecule is CC(C)(C)OC(=O)COc1ccc(OCC(=O)Nc2ccc(Cl)cn2)c(N)c1. The molecule has 0 atom stereocenters. The molecular formula is C19H22ClN3O5. The molecule has 0 saturated heterocycles. The number of hydrogen-bond acceptors (Lipinski definition) is 7. The number of nitrogens with zero attached hydrogens (tertiary/aromatic N) is 1. The lowest BCUT2D eigenvalue weighted by atomic mass is 10.2. The number of rotatable bonds is 7. The first-order chi connectivity index (χ1) is 13.1. The smallest absolute Gasteiger partial charge is 0.344 e. The van der Waals surface area contributed by atoms with Gasteiger partial charge in [-0.15, -0.1) is 0 Å². The van der Waals surface area contributed by atoms with Gasteiger partial charge in [-0.05, 0) is 45.0 Å². The first kappa shape index (κ1) is 21.3. The number of hydrogen-bond donors (Lipinski definition) is 2. The predicted octanol–water partition coefficient (Wildman–Crippen LogP) is 3.06. The Labute approximate surface area is 167 Å². The molecule has 0 fully saturated rings. The summed E-state index contributed by atoms with van der Waals surface area (Å²) in [5, 5.41) is 3.04. The van der Waals surface area contributed by atoms with Crippen LogP contribution in [0.5, 0.6) is 11.5 Å². The van der Waals surface area contributed by atoms with Gasteiger partial charge in [0.05, 0.1) is 10.7 Å². The molecule has 9 heteroatoms. The highest BCUT2D eigenvalue weighted by Gasteiger charge is 2.17. The summed E-state index contributed by atoms with van der Waals surface area (Å²) in [6.45, 7) is 4.82. The molecule has 0 aliphatic rings. The molecule has 0 saturated carbocycles. The Hall–Kier alpha value is -3.00. The van der Waals surface area contributed by atoms with Gasteiger partial charge in [0.25, 0.3) is 5.91 Å². The molecule has 8 nitrogen and oxygen atoms in total. The van der Waals surface area contributed by atoms with Crippen LogP contribution in [0, 0.1) is 0 Å². The quantitative estimate of drug-likeness (QED) is 0.535. The predicted molar refractivity (Wildman–Crippen MR) is 106 cm³/mol. The lowest BCUT2D eigenvalue weighted by Gasteiger charge is -2.19. The van der Waals surface area contributed by atoms with Crippen LogP contribution >= 0.6 is 11.6 Å². The molecule has 0 aliphatic carbocycles. The third-order valence-electron chi connectivity index (χ3n) is 3.11. The molecule has 1 aromatic heterocycles. The molecule has 1 heterocycles. The zero-order valence-electron chi connectivity index (χ0n) is 15.8. The molecule has 3 N–H and O–H groups in total. The molecule has 2 aromatic rings. The maximum Gasteiger partial charge on any atom is 0.344 e. The number of anilines is 2. The van der Waals surface area contributed by atoms with Crippen molar-refractivity contribution in [3.05, 3.63) is 41.6 Å². The van der Waals surface area contributed by atoms with Crippen molar-refractivity contribution in [3.8, 4) is 11.5 Å². The standard InChI is InChI=1S/C19H22ClN3O5/c1-19(2,3)28-18(25)11-26-13-5-6-15(14(21)8-13)27-10-17(24)23-16-7-4-12(20)9-22-16/h4-9H,10-11,21H2,1-3H3,(H,22,23,24). The number of pyridine rings is 1. The summed E-state index contributed by atoms with van der Waals surface area (Å²) in [6, 6.07) is 7.81. The van der Waals surface area contributed by atoms with Crippen LogP contribution in [0.15, 0.2) is 36.5 Å².